The lowest BCUT2D eigenvalue weighted by Crippen LogP contribution is -2.00. The van der Waals surface area contributed by atoms with Crippen LogP contribution in [-0.2, 0) is 6.61 Å². The summed E-state index contributed by atoms with van der Waals surface area (Å²) >= 11 is 0. The van der Waals surface area contributed by atoms with Gasteiger partial charge in [-0.05, 0) is 24.3 Å². The van der Waals surface area contributed by atoms with E-state index in [2.05, 4.69) is 0 Å². The highest BCUT2D eigenvalue weighted by Gasteiger charge is 2.06. The monoisotopic (exact) mass is 253 g/mol. The van der Waals surface area contributed by atoms with Gasteiger partial charge in [0.1, 0.15) is 18.2 Å². The number of hydrogen-bond donors (Lipinski definition) is 1. The molecule has 0 amide bonds. The maximum absolute atomic E-state index is 13.4. The van der Waals surface area contributed by atoms with Gasteiger partial charge in [0.25, 0.3) is 0 Å². The molecular formula is C13H10F3NO. The molecule has 0 fully saturated rings. The van der Waals surface area contributed by atoms with E-state index in [4.69, 9.17) is 10.5 Å². The average Bonchev–Trinajstić information content (AvgIpc) is 2.32. The van der Waals surface area contributed by atoms with Crippen LogP contribution in [0.1, 0.15) is 5.56 Å². The molecule has 0 heterocycles. The highest BCUT2D eigenvalue weighted by atomic mass is 19.2. The number of halogens is 3. The van der Waals surface area contributed by atoms with Crippen LogP contribution in [0.5, 0.6) is 5.75 Å². The molecule has 0 atom stereocenters. The third-order valence-electron chi connectivity index (χ3n) is 2.36. The fraction of sp³-hybridized carbons (Fsp3) is 0.0769. The maximum Gasteiger partial charge on any atom is 0.162 e. The molecule has 2 N–H and O–H groups in total. The lowest BCUT2D eigenvalue weighted by molar-refractivity contribution is 0.297. The summed E-state index contributed by atoms with van der Waals surface area (Å²) in [5.74, 6) is -2.34. The van der Waals surface area contributed by atoms with Gasteiger partial charge >= 0.3 is 0 Å². The Kier molecular flexibility index (Phi) is 3.41. The van der Waals surface area contributed by atoms with E-state index < -0.39 is 17.5 Å². The Morgan fingerprint density at radius 3 is 2.33 bits per heavy atom. The zero-order chi connectivity index (χ0) is 13.1. The maximum atomic E-state index is 13.4. The SMILES string of the molecule is Nc1ccc(COc2ccc(F)c(F)c2)c(F)c1. The first-order valence-electron chi connectivity index (χ1n) is 5.18. The summed E-state index contributed by atoms with van der Waals surface area (Å²) < 4.78 is 44.1. The zero-order valence-corrected chi connectivity index (χ0v) is 9.29. The second-order valence-corrected chi connectivity index (χ2v) is 3.72. The number of anilines is 1. The molecule has 5 heteroatoms. The van der Waals surface area contributed by atoms with E-state index in [1.165, 1.54) is 24.3 Å². The number of rotatable bonds is 3. The van der Waals surface area contributed by atoms with Crippen molar-refractivity contribution in [3.63, 3.8) is 0 Å². The Hall–Kier alpha value is -2.17. The largest absolute Gasteiger partial charge is 0.489 e. The van der Waals surface area contributed by atoms with Crippen molar-refractivity contribution in [1.82, 2.24) is 0 Å². The van der Waals surface area contributed by atoms with E-state index in [0.29, 0.717) is 5.69 Å². The normalized spacial score (nSPS) is 10.4. The first kappa shape index (κ1) is 12.3. The molecule has 2 aromatic rings. The van der Waals surface area contributed by atoms with Gasteiger partial charge in [0.15, 0.2) is 11.6 Å². The van der Waals surface area contributed by atoms with Gasteiger partial charge in [-0.3, -0.25) is 0 Å². The number of nitrogens with two attached hydrogens (primary N) is 1. The molecule has 2 rings (SSSR count). The molecule has 0 aromatic heterocycles. The lowest BCUT2D eigenvalue weighted by Gasteiger charge is -2.07. The van der Waals surface area contributed by atoms with Crippen molar-refractivity contribution in [2.24, 2.45) is 0 Å². The molecule has 2 aromatic carbocycles. The minimum absolute atomic E-state index is 0.0861. The molecule has 0 aliphatic heterocycles. The molecule has 0 radical (unpaired) electrons. The van der Waals surface area contributed by atoms with E-state index in [9.17, 15) is 13.2 Å². The van der Waals surface area contributed by atoms with Crippen LogP contribution < -0.4 is 10.5 Å². The van der Waals surface area contributed by atoms with Crippen molar-refractivity contribution >= 4 is 5.69 Å². The Labute approximate surface area is 102 Å². The number of hydrogen-bond acceptors (Lipinski definition) is 2. The molecule has 0 saturated carbocycles. The number of ether oxygens (including phenoxy) is 1. The van der Waals surface area contributed by atoms with Crippen molar-refractivity contribution in [2.75, 3.05) is 5.73 Å². The molecule has 94 valence electrons. The third-order valence-corrected chi connectivity index (χ3v) is 2.36. The number of nitrogen functional groups attached to an aromatic ring is 1. The number of benzene rings is 2. The second kappa shape index (κ2) is 5.00. The van der Waals surface area contributed by atoms with Crippen molar-refractivity contribution < 1.29 is 17.9 Å². The predicted octanol–water partition coefficient (Wildman–Crippen LogP) is 3.27. The summed E-state index contributed by atoms with van der Waals surface area (Å²) in [6.07, 6.45) is 0. The van der Waals surface area contributed by atoms with Gasteiger partial charge in [-0.1, -0.05) is 6.07 Å². The topological polar surface area (TPSA) is 35.2 Å². The zero-order valence-electron chi connectivity index (χ0n) is 9.29. The molecule has 0 unspecified atom stereocenters. The van der Waals surface area contributed by atoms with Gasteiger partial charge in [0.05, 0.1) is 0 Å². The van der Waals surface area contributed by atoms with Crippen molar-refractivity contribution in [3.8, 4) is 5.75 Å². The van der Waals surface area contributed by atoms with Gasteiger partial charge in [-0.15, -0.1) is 0 Å². The summed E-state index contributed by atoms with van der Waals surface area (Å²) in [5.41, 5.74) is 5.99. The van der Waals surface area contributed by atoms with E-state index in [1.807, 2.05) is 0 Å². The molecule has 0 aliphatic carbocycles. The standard InChI is InChI=1S/C13H10F3NO/c14-11-4-3-10(6-13(11)16)18-7-8-1-2-9(17)5-12(8)15/h1-6H,7,17H2. The van der Waals surface area contributed by atoms with Crippen LogP contribution in [0.25, 0.3) is 0 Å². The summed E-state index contributed by atoms with van der Waals surface area (Å²) in [5, 5.41) is 0. The van der Waals surface area contributed by atoms with Crippen LogP contribution in [0.2, 0.25) is 0 Å². The van der Waals surface area contributed by atoms with Crippen LogP contribution in [-0.4, -0.2) is 0 Å². The van der Waals surface area contributed by atoms with Gasteiger partial charge in [-0.25, -0.2) is 13.2 Å². The molecule has 0 aliphatic rings. The van der Waals surface area contributed by atoms with E-state index in [0.717, 1.165) is 12.1 Å². The Morgan fingerprint density at radius 1 is 0.889 bits per heavy atom. The second-order valence-electron chi connectivity index (χ2n) is 3.72. The highest BCUT2D eigenvalue weighted by Crippen LogP contribution is 2.18. The highest BCUT2D eigenvalue weighted by molar-refractivity contribution is 5.40. The van der Waals surface area contributed by atoms with Gasteiger partial charge in [0, 0.05) is 17.3 Å². The van der Waals surface area contributed by atoms with Crippen molar-refractivity contribution in [3.05, 3.63) is 59.4 Å². The fourth-order valence-corrected chi connectivity index (χ4v) is 1.41. The Bertz CT molecular complexity index is 572. The minimum atomic E-state index is -1.01. The molecule has 2 nitrogen and oxygen atoms in total. The third kappa shape index (κ3) is 2.74. The first-order valence-corrected chi connectivity index (χ1v) is 5.18. The average molecular weight is 253 g/mol. The fourth-order valence-electron chi connectivity index (χ4n) is 1.41. The van der Waals surface area contributed by atoms with E-state index in [1.54, 1.807) is 0 Å². The quantitative estimate of drug-likeness (QED) is 0.852. The first-order chi connectivity index (χ1) is 8.56. The van der Waals surface area contributed by atoms with E-state index >= 15 is 0 Å². The molecular weight excluding hydrogens is 243 g/mol. The summed E-state index contributed by atoms with van der Waals surface area (Å²) in [4.78, 5) is 0. The lowest BCUT2D eigenvalue weighted by atomic mass is 10.2. The van der Waals surface area contributed by atoms with Crippen LogP contribution in [0.4, 0.5) is 18.9 Å². The molecule has 0 saturated heterocycles. The van der Waals surface area contributed by atoms with Gasteiger partial charge < -0.3 is 10.5 Å². The minimum Gasteiger partial charge on any atom is -0.489 e. The summed E-state index contributed by atoms with van der Waals surface area (Å²) in [6, 6.07) is 7.31. The van der Waals surface area contributed by atoms with E-state index in [-0.39, 0.29) is 17.9 Å². The van der Waals surface area contributed by atoms with Crippen molar-refractivity contribution in [2.45, 2.75) is 6.61 Å². The van der Waals surface area contributed by atoms with Gasteiger partial charge in [-0.2, -0.15) is 0 Å². The van der Waals surface area contributed by atoms with Crippen LogP contribution in [0.15, 0.2) is 36.4 Å². The smallest absolute Gasteiger partial charge is 0.162 e. The Balaban J connectivity index is 2.09. The molecule has 0 spiro atoms. The van der Waals surface area contributed by atoms with Gasteiger partial charge in [0.2, 0.25) is 0 Å². The van der Waals surface area contributed by atoms with Crippen LogP contribution in [0.3, 0.4) is 0 Å². The van der Waals surface area contributed by atoms with Crippen LogP contribution in [0, 0.1) is 17.5 Å². The molecule has 0 bridgehead atoms. The Morgan fingerprint density at radius 2 is 1.67 bits per heavy atom. The van der Waals surface area contributed by atoms with Crippen molar-refractivity contribution in [1.29, 1.82) is 0 Å². The summed E-state index contributed by atoms with van der Waals surface area (Å²) in [6.45, 7) is -0.0861. The molecule has 18 heavy (non-hydrogen) atoms. The van der Waals surface area contributed by atoms with Crippen LogP contribution >= 0.6 is 0 Å². The summed E-state index contributed by atoms with van der Waals surface area (Å²) in [7, 11) is 0. The predicted molar refractivity (Wildman–Crippen MR) is 61.5 cm³/mol.